The number of hydrogen-bond donors (Lipinski definition) is 1. The van der Waals surface area contributed by atoms with E-state index in [1.54, 1.807) is 0 Å². The average molecular weight is 457 g/mol. The van der Waals surface area contributed by atoms with E-state index in [-0.39, 0.29) is 10.8 Å². The Bertz CT molecular complexity index is 873. The summed E-state index contributed by atoms with van der Waals surface area (Å²) < 4.78 is 12.5. The van der Waals surface area contributed by atoms with Gasteiger partial charge in [0.05, 0.1) is 27.3 Å². The molecule has 0 aliphatic rings. The Morgan fingerprint density at radius 1 is 0.879 bits per heavy atom. The minimum atomic E-state index is -0.512. The van der Waals surface area contributed by atoms with Crippen molar-refractivity contribution in [1.29, 1.82) is 0 Å². The molecule has 0 radical (unpaired) electrons. The zero-order valence-corrected chi connectivity index (χ0v) is 22.4. The normalized spacial score (nSPS) is 13.8. The molecule has 0 spiro atoms. The third-order valence-electron chi connectivity index (χ3n) is 5.89. The van der Waals surface area contributed by atoms with Gasteiger partial charge in [0.1, 0.15) is 31.5 Å². The molecular formula is C29H46NO3+. The maximum absolute atomic E-state index is 10.5. The molecule has 4 heteroatoms. The van der Waals surface area contributed by atoms with Crippen molar-refractivity contribution in [1.82, 2.24) is 0 Å². The molecule has 2 aromatic rings. The molecule has 2 rings (SSSR count). The Balaban J connectivity index is 1.82. The van der Waals surface area contributed by atoms with E-state index in [0.29, 0.717) is 30.8 Å². The molecule has 2 aromatic carbocycles. The van der Waals surface area contributed by atoms with Crippen molar-refractivity contribution in [3.63, 3.8) is 0 Å². The smallest absolute Gasteiger partial charge is 0.126 e. The fourth-order valence-electron chi connectivity index (χ4n) is 4.01. The number of quaternary nitrogens is 1. The second-order valence-electron chi connectivity index (χ2n) is 12.1. The van der Waals surface area contributed by atoms with Crippen LogP contribution in [0.25, 0.3) is 0 Å². The first-order chi connectivity index (χ1) is 15.2. The molecule has 184 valence electrons. The molecule has 0 saturated heterocycles. The quantitative estimate of drug-likeness (QED) is 0.372. The summed E-state index contributed by atoms with van der Waals surface area (Å²) in [4.78, 5) is 0. The monoisotopic (exact) mass is 456 g/mol. The number of ether oxygens (including phenoxy) is 2. The molecule has 0 saturated carbocycles. The van der Waals surface area contributed by atoms with Gasteiger partial charge in [0.15, 0.2) is 0 Å². The second-order valence-corrected chi connectivity index (χ2v) is 12.1. The zero-order chi connectivity index (χ0) is 24.9. The first-order valence-electron chi connectivity index (χ1n) is 12.1. The second kappa shape index (κ2) is 11.0. The number of benzene rings is 2. The summed E-state index contributed by atoms with van der Waals surface area (Å²) >= 11 is 0. The fraction of sp³-hybridized carbons (Fsp3) is 0.586. The summed E-state index contributed by atoms with van der Waals surface area (Å²) in [7, 11) is 4.28. The van der Waals surface area contributed by atoms with Crippen LogP contribution in [0.5, 0.6) is 5.75 Å². The summed E-state index contributed by atoms with van der Waals surface area (Å²) in [6.07, 6.45) is -0.512. The number of nitrogens with zero attached hydrogens (tertiary/aromatic N) is 1. The standard InChI is InChI=1S/C29H46NO3/c1-22-10-12-23(13-11-22)19-30(8,9)20-25(31)21-32-16-17-33-27-15-14-24(28(2,3)4)18-26(27)29(5,6)7/h10-15,18,25,31H,16-17,19-21H2,1-9H3/q+1/t25-/m1/s1. The molecule has 0 unspecified atom stereocenters. The van der Waals surface area contributed by atoms with Gasteiger partial charge in [0, 0.05) is 5.56 Å². The molecular weight excluding hydrogens is 410 g/mol. The van der Waals surface area contributed by atoms with E-state index in [0.717, 1.165) is 12.3 Å². The van der Waals surface area contributed by atoms with Gasteiger partial charge in [-0.05, 0) is 34.9 Å². The van der Waals surface area contributed by atoms with Gasteiger partial charge in [-0.2, -0.15) is 0 Å². The van der Waals surface area contributed by atoms with Crippen LogP contribution in [0.15, 0.2) is 42.5 Å². The Kier molecular flexibility index (Phi) is 9.15. The van der Waals surface area contributed by atoms with Crippen molar-refractivity contribution in [3.8, 4) is 5.75 Å². The largest absolute Gasteiger partial charge is 0.491 e. The molecule has 0 fully saturated rings. The molecule has 0 bridgehead atoms. The highest BCUT2D eigenvalue weighted by atomic mass is 16.5. The van der Waals surface area contributed by atoms with Crippen LogP contribution >= 0.6 is 0 Å². The lowest BCUT2D eigenvalue weighted by atomic mass is 9.80. The lowest BCUT2D eigenvalue weighted by molar-refractivity contribution is -0.906. The third kappa shape index (κ3) is 9.11. The summed E-state index contributed by atoms with van der Waals surface area (Å²) in [5, 5.41) is 10.5. The molecule has 4 nitrogen and oxygen atoms in total. The number of hydrogen-bond acceptors (Lipinski definition) is 3. The summed E-state index contributed by atoms with van der Waals surface area (Å²) in [6.45, 7) is 18.2. The number of likely N-dealkylation sites (N-methyl/N-ethyl adjacent to an activating group) is 1. The fourth-order valence-corrected chi connectivity index (χ4v) is 4.01. The van der Waals surface area contributed by atoms with Gasteiger partial charge < -0.3 is 19.1 Å². The average Bonchev–Trinajstić information content (AvgIpc) is 2.67. The molecule has 0 aliphatic heterocycles. The van der Waals surface area contributed by atoms with Gasteiger partial charge in [-0.25, -0.2) is 0 Å². The predicted octanol–water partition coefficient (Wildman–Crippen LogP) is 5.62. The van der Waals surface area contributed by atoms with Crippen molar-refractivity contribution in [2.24, 2.45) is 0 Å². The Morgan fingerprint density at radius 3 is 2.09 bits per heavy atom. The van der Waals surface area contributed by atoms with E-state index >= 15 is 0 Å². The molecule has 0 aliphatic carbocycles. The lowest BCUT2D eigenvalue weighted by Gasteiger charge is -2.32. The lowest BCUT2D eigenvalue weighted by Crippen LogP contribution is -2.46. The molecule has 0 amide bonds. The van der Waals surface area contributed by atoms with Gasteiger partial charge >= 0.3 is 0 Å². The van der Waals surface area contributed by atoms with Crippen LogP contribution in [0.1, 0.15) is 63.8 Å². The number of rotatable bonds is 10. The first kappa shape index (κ1) is 27.4. The van der Waals surface area contributed by atoms with E-state index < -0.39 is 6.10 Å². The SMILES string of the molecule is Cc1ccc(C[N+](C)(C)C[C@@H](O)COCCOc2ccc(C(C)(C)C)cc2C(C)(C)C)cc1. The van der Waals surface area contributed by atoms with E-state index in [2.05, 4.69) is 105 Å². The van der Waals surface area contributed by atoms with E-state index in [1.165, 1.54) is 22.3 Å². The summed E-state index contributed by atoms with van der Waals surface area (Å²) in [6, 6.07) is 15.1. The maximum atomic E-state index is 10.5. The molecule has 0 heterocycles. The Morgan fingerprint density at radius 2 is 1.52 bits per heavy atom. The van der Waals surface area contributed by atoms with Crippen LogP contribution in [0.3, 0.4) is 0 Å². The number of aliphatic hydroxyl groups is 1. The van der Waals surface area contributed by atoms with Crippen LogP contribution in [0, 0.1) is 6.92 Å². The molecule has 1 atom stereocenters. The highest BCUT2D eigenvalue weighted by Crippen LogP contribution is 2.35. The van der Waals surface area contributed by atoms with Gasteiger partial charge in [-0.15, -0.1) is 0 Å². The van der Waals surface area contributed by atoms with Crippen LogP contribution in [-0.4, -0.2) is 56.2 Å². The van der Waals surface area contributed by atoms with Gasteiger partial charge in [0.25, 0.3) is 0 Å². The van der Waals surface area contributed by atoms with E-state index in [4.69, 9.17) is 9.47 Å². The van der Waals surface area contributed by atoms with E-state index in [1.807, 2.05) is 0 Å². The maximum Gasteiger partial charge on any atom is 0.126 e. The van der Waals surface area contributed by atoms with Crippen molar-refractivity contribution in [2.45, 2.75) is 71.9 Å². The van der Waals surface area contributed by atoms with Gasteiger partial charge in [-0.1, -0.05) is 83.5 Å². The Hall–Kier alpha value is -1.88. The molecule has 0 aromatic heterocycles. The first-order valence-corrected chi connectivity index (χ1v) is 12.1. The third-order valence-corrected chi connectivity index (χ3v) is 5.89. The summed E-state index contributed by atoms with van der Waals surface area (Å²) in [5.74, 6) is 0.913. The minimum Gasteiger partial charge on any atom is -0.491 e. The van der Waals surface area contributed by atoms with Crippen LogP contribution in [-0.2, 0) is 22.1 Å². The zero-order valence-electron chi connectivity index (χ0n) is 22.4. The Labute approximate surface area is 202 Å². The highest BCUT2D eigenvalue weighted by Gasteiger charge is 2.24. The van der Waals surface area contributed by atoms with Crippen molar-refractivity contribution in [2.75, 3.05) is 40.5 Å². The topological polar surface area (TPSA) is 38.7 Å². The number of aryl methyl sites for hydroxylation is 1. The minimum absolute atomic E-state index is 0.00536. The van der Waals surface area contributed by atoms with Crippen molar-refractivity contribution < 1.29 is 19.1 Å². The predicted molar refractivity (Wildman–Crippen MR) is 138 cm³/mol. The number of aliphatic hydroxyl groups excluding tert-OH is 1. The van der Waals surface area contributed by atoms with Crippen molar-refractivity contribution >= 4 is 0 Å². The van der Waals surface area contributed by atoms with Crippen LogP contribution < -0.4 is 4.74 Å². The van der Waals surface area contributed by atoms with Gasteiger partial charge in [0.2, 0.25) is 0 Å². The molecule has 1 N–H and O–H groups in total. The van der Waals surface area contributed by atoms with Gasteiger partial charge in [-0.3, -0.25) is 0 Å². The highest BCUT2D eigenvalue weighted by molar-refractivity contribution is 5.43. The summed E-state index contributed by atoms with van der Waals surface area (Å²) in [5.41, 5.74) is 5.16. The van der Waals surface area contributed by atoms with Crippen molar-refractivity contribution in [3.05, 3.63) is 64.7 Å². The van der Waals surface area contributed by atoms with Crippen LogP contribution in [0.4, 0.5) is 0 Å². The van der Waals surface area contributed by atoms with E-state index in [9.17, 15) is 5.11 Å². The molecule has 33 heavy (non-hydrogen) atoms. The van der Waals surface area contributed by atoms with Crippen LogP contribution in [0.2, 0.25) is 0 Å².